The van der Waals surface area contributed by atoms with Gasteiger partial charge in [0, 0.05) is 25.6 Å². The van der Waals surface area contributed by atoms with Crippen molar-refractivity contribution in [2.75, 3.05) is 29.0 Å². The number of anilines is 3. The fourth-order valence-electron chi connectivity index (χ4n) is 1.67. The number of primary amides is 1. The number of carbonyl (C=O) groups is 1. The number of nitrogen functional groups attached to an aromatic ring is 1. The number of hydrogen-bond donors (Lipinski definition) is 3. The Hall–Kier alpha value is -2.12. The van der Waals surface area contributed by atoms with Crippen molar-refractivity contribution in [2.45, 2.75) is 33.2 Å². The molecule has 5 N–H and O–H groups in total. The SMILES string of the molecule is CCN(CC)c1nc(N)nc(NC(C)CC(N)=O)n1. The molecule has 0 bridgehead atoms. The number of nitrogens with two attached hydrogens (primary N) is 2. The van der Waals surface area contributed by atoms with Gasteiger partial charge in [-0.2, -0.15) is 15.0 Å². The van der Waals surface area contributed by atoms with E-state index in [1.165, 1.54) is 0 Å². The zero-order valence-corrected chi connectivity index (χ0v) is 11.6. The fourth-order valence-corrected chi connectivity index (χ4v) is 1.67. The van der Waals surface area contributed by atoms with E-state index in [-0.39, 0.29) is 24.3 Å². The highest BCUT2D eigenvalue weighted by atomic mass is 16.1. The molecule has 19 heavy (non-hydrogen) atoms. The van der Waals surface area contributed by atoms with Crippen LogP contribution in [0.4, 0.5) is 17.8 Å². The second kappa shape index (κ2) is 6.72. The van der Waals surface area contributed by atoms with Crippen LogP contribution in [0.5, 0.6) is 0 Å². The van der Waals surface area contributed by atoms with Crippen LogP contribution in [0.1, 0.15) is 27.2 Å². The lowest BCUT2D eigenvalue weighted by Gasteiger charge is -2.19. The van der Waals surface area contributed by atoms with E-state index in [4.69, 9.17) is 11.5 Å². The summed E-state index contributed by atoms with van der Waals surface area (Å²) in [6.07, 6.45) is 0.201. The van der Waals surface area contributed by atoms with Crippen LogP contribution in [0.3, 0.4) is 0 Å². The van der Waals surface area contributed by atoms with Gasteiger partial charge in [0.1, 0.15) is 0 Å². The molecule has 0 aliphatic heterocycles. The Morgan fingerprint density at radius 2 is 1.95 bits per heavy atom. The van der Waals surface area contributed by atoms with Crippen LogP contribution in [-0.2, 0) is 4.79 Å². The van der Waals surface area contributed by atoms with Crippen molar-refractivity contribution in [2.24, 2.45) is 5.73 Å². The topological polar surface area (TPSA) is 123 Å². The van der Waals surface area contributed by atoms with Crippen molar-refractivity contribution in [1.82, 2.24) is 15.0 Å². The predicted octanol–water partition coefficient (Wildman–Crippen LogP) is -0.0242. The van der Waals surface area contributed by atoms with Crippen LogP contribution in [0.15, 0.2) is 0 Å². The number of aromatic nitrogens is 3. The number of nitrogens with zero attached hydrogens (tertiary/aromatic N) is 4. The molecule has 0 spiro atoms. The van der Waals surface area contributed by atoms with E-state index in [1.807, 2.05) is 25.7 Å². The standard InChI is InChI=1S/C11H21N7O/c1-4-18(5-2)11-16-9(13)15-10(17-11)14-7(3)6-8(12)19/h7H,4-6H2,1-3H3,(H2,12,19)(H3,13,14,15,16,17). The number of nitrogens with one attached hydrogen (secondary N) is 1. The average Bonchev–Trinajstić information content (AvgIpc) is 2.28. The van der Waals surface area contributed by atoms with Gasteiger partial charge in [0.2, 0.25) is 23.8 Å². The van der Waals surface area contributed by atoms with Crippen LogP contribution in [0.25, 0.3) is 0 Å². The minimum Gasteiger partial charge on any atom is -0.370 e. The average molecular weight is 267 g/mol. The first kappa shape index (κ1) is 14.9. The molecule has 1 amide bonds. The van der Waals surface area contributed by atoms with Gasteiger partial charge < -0.3 is 21.7 Å². The molecule has 0 saturated heterocycles. The van der Waals surface area contributed by atoms with Crippen molar-refractivity contribution in [3.05, 3.63) is 0 Å². The summed E-state index contributed by atoms with van der Waals surface area (Å²) >= 11 is 0. The molecule has 0 radical (unpaired) electrons. The fraction of sp³-hybridized carbons (Fsp3) is 0.636. The molecule has 8 heteroatoms. The molecular weight excluding hydrogens is 246 g/mol. The lowest BCUT2D eigenvalue weighted by atomic mass is 10.2. The predicted molar refractivity (Wildman–Crippen MR) is 74.7 cm³/mol. The quantitative estimate of drug-likeness (QED) is 0.634. The maximum Gasteiger partial charge on any atom is 0.231 e. The Kier molecular flexibility index (Phi) is 5.28. The van der Waals surface area contributed by atoms with Gasteiger partial charge >= 0.3 is 0 Å². The van der Waals surface area contributed by atoms with E-state index >= 15 is 0 Å². The Balaban J connectivity index is 2.87. The first-order valence-electron chi connectivity index (χ1n) is 6.27. The van der Waals surface area contributed by atoms with Crippen molar-refractivity contribution in [3.8, 4) is 0 Å². The Labute approximate surface area is 112 Å². The van der Waals surface area contributed by atoms with E-state index in [1.54, 1.807) is 0 Å². The monoisotopic (exact) mass is 267 g/mol. The van der Waals surface area contributed by atoms with Gasteiger partial charge in [-0.1, -0.05) is 0 Å². The molecule has 1 unspecified atom stereocenters. The molecule has 0 saturated carbocycles. The summed E-state index contributed by atoms with van der Waals surface area (Å²) in [5.74, 6) is 0.631. The summed E-state index contributed by atoms with van der Waals surface area (Å²) in [5.41, 5.74) is 10.8. The molecule has 1 heterocycles. The Morgan fingerprint density at radius 3 is 2.47 bits per heavy atom. The van der Waals surface area contributed by atoms with E-state index in [0.717, 1.165) is 13.1 Å². The summed E-state index contributed by atoms with van der Waals surface area (Å²) < 4.78 is 0. The van der Waals surface area contributed by atoms with E-state index in [2.05, 4.69) is 20.3 Å². The van der Waals surface area contributed by atoms with Crippen molar-refractivity contribution >= 4 is 23.8 Å². The summed E-state index contributed by atoms with van der Waals surface area (Å²) in [6.45, 7) is 7.38. The van der Waals surface area contributed by atoms with Crippen LogP contribution in [0.2, 0.25) is 0 Å². The van der Waals surface area contributed by atoms with Crippen molar-refractivity contribution < 1.29 is 4.79 Å². The third-order valence-electron chi connectivity index (χ3n) is 2.57. The molecule has 8 nitrogen and oxygen atoms in total. The van der Waals surface area contributed by atoms with Crippen LogP contribution >= 0.6 is 0 Å². The molecule has 0 fully saturated rings. The first-order valence-corrected chi connectivity index (χ1v) is 6.27. The summed E-state index contributed by atoms with van der Waals surface area (Å²) in [4.78, 5) is 25.2. The van der Waals surface area contributed by atoms with E-state index in [9.17, 15) is 4.79 Å². The Morgan fingerprint density at radius 1 is 1.32 bits per heavy atom. The van der Waals surface area contributed by atoms with Gasteiger partial charge in [-0.15, -0.1) is 0 Å². The third kappa shape index (κ3) is 4.57. The van der Waals surface area contributed by atoms with Gasteiger partial charge in [-0.25, -0.2) is 0 Å². The molecule has 1 aromatic rings. The van der Waals surface area contributed by atoms with Crippen LogP contribution < -0.4 is 21.7 Å². The zero-order valence-electron chi connectivity index (χ0n) is 11.6. The van der Waals surface area contributed by atoms with Crippen molar-refractivity contribution in [1.29, 1.82) is 0 Å². The van der Waals surface area contributed by atoms with Crippen molar-refractivity contribution in [3.63, 3.8) is 0 Å². The minimum absolute atomic E-state index is 0.144. The molecule has 1 atom stereocenters. The highest BCUT2D eigenvalue weighted by Gasteiger charge is 2.12. The lowest BCUT2D eigenvalue weighted by Crippen LogP contribution is -2.28. The molecule has 0 aromatic carbocycles. The lowest BCUT2D eigenvalue weighted by molar-refractivity contribution is -0.118. The van der Waals surface area contributed by atoms with Gasteiger partial charge in [0.25, 0.3) is 0 Å². The van der Waals surface area contributed by atoms with E-state index in [0.29, 0.717) is 11.9 Å². The third-order valence-corrected chi connectivity index (χ3v) is 2.57. The van der Waals surface area contributed by atoms with E-state index < -0.39 is 0 Å². The molecular formula is C11H21N7O. The Bertz CT molecular complexity index is 433. The smallest absolute Gasteiger partial charge is 0.231 e. The summed E-state index contributed by atoms with van der Waals surface area (Å²) in [5, 5.41) is 2.99. The number of carbonyl (C=O) groups excluding carboxylic acids is 1. The number of rotatable bonds is 7. The molecule has 106 valence electrons. The second-order valence-electron chi connectivity index (χ2n) is 4.21. The molecule has 0 aliphatic rings. The van der Waals surface area contributed by atoms with Crippen LogP contribution in [-0.4, -0.2) is 40.0 Å². The van der Waals surface area contributed by atoms with Gasteiger partial charge in [0.05, 0.1) is 0 Å². The maximum atomic E-state index is 10.8. The van der Waals surface area contributed by atoms with Gasteiger partial charge in [0.15, 0.2) is 0 Å². The normalized spacial score (nSPS) is 11.9. The highest BCUT2D eigenvalue weighted by molar-refractivity contribution is 5.74. The summed E-state index contributed by atoms with van der Waals surface area (Å²) in [6, 6.07) is -0.163. The van der Waals surface area contributed by atoms with Crippen LogP contribution in [0, 0.1) is 0 Å². The minimum atomic E-state index is -0.383. The maximum absolute atomic E-state index is 10.8. The molecule has 1 aromatic heterocycles. The number of hydrogen-bond acceptors (Lipinski definition) is 7. The number of amides is 1. The largest absolute Gasteiger partial charge is 0.370 e. The second-order valence-corrected chi connectivity index (χ2v) is 4.21. The zero-order chi connectivity index (χ0) is 14.4. The molecule has 1 rings (SSSR count). The van der Waals surface area contributed by atoms with Gasteiger partial charge in [-0.3, -0.25) is 4.79 Å². The first-order chi connectivity index (χ1) is 8.96. The van der Waals surface area contributed by atoms with Gasteiger partial charge in [-0.05, 0) is 20.8 Å². The summed E-state index contributed by atoms with van der Waals surface area (Å²) in [7, 11) is 0. The molecule has 0 aliphatic carbocycles. The highest BCUT2D eigenvalue weighted by Crippen LogP contribution is 2.12.